The van der Waals surface area contributed by atoms with Crippen LogP contribution in [0, 0.1) is 0 Å². The molecule has 6 nitrogen and oxygen atoms in total. The third-order valence-electron chi connectivity index (χ3n) is 1.71. The van der Waals surface area contributed by atoms with Crippen LogP contribution in [-0.4, -0.2) is 34.6 Å². The van der Waals surface area contributed by atoms with Crippen LogP contribution in [-0.2, 0) is 9.53 Å². The normalized spacial score (nSPS) is 10.4. The Morgan fingerprint density at radius 2 is 2.29 bits per heavy atom. The Labute approximate surface area is 99.5 Å². The first-order valence-corrected chi connectivity index (χ1v) is 4.84. The average molecular weight is 268 g/mol. The molecule has 0 aliphatic carbocycles. The van der Waals surface area contributed by atoms with Gasteiger partial charge in [-0.1, -0.05) is 0 Å². The first kappa shape index (κ1) is 13.4. The van der Waals surface area contributed by atoms with Crippen LogP contribution >= 0.6 is 11.6 Å². The number of hydrogen-bond acceptors (Lipinski definition) is 4. The van der Waals surface area contributed by atoms with Crippen LogP contribution in [0.1, 0.15) is 17.0 Å². The Morgan fingerprint density at radius 1 is 1.65 bits per heavy atom. The lowest BCUT2D eigenvalue weighted by Crippen LogP contribution is -2.15. The number of hydrogen-bond donors (Lipinski definition) is 1. The third kappa shape index (κ3) is 3.13. The Balaban J connectivity index is 3.07. The number of rotatable bonds is 4. The second-order valence-electron chi connectivity index (χ2n) is 2.82. The van der Waals surface area contributed by atoms with E-state index in [9.17, 15) is 18.4 Å². The Kier molecular flexibility index (Phi) is 4.38. The summed E-state index contributed by atoms with van der Waals surface area (Å²) in [5.41, 5.74) is -0.589. The van der Waals surface area contributed by atoms with Crippen LogP contribution in [0.3, 0.4) is 0 Å². The number of esters is 1. The SMILES string of the molecule is COC(=O)c1nn(C(F)F)cc1NC(=O)CCl. The molecule has 1 aromatic heterocycles. The minimum atomic E-state index is -2.93. The van der Waals surface area contributed by atoms with Crippen molar-refractivity contribution < 1.29 is 23.1 Å². The van der Waals surface area contributed by atoms with Crippen molar-refractivity contribution in [3.8, 4) is 0 Å². The van der Waals surface area contributed by atoms with E-state index in [0.717, 1.165) is 13.3 Å². The molecule has 1 heterocycles. The predicted molar refractivity (Wildman–Crippen MR) is 54.2 cm³/mol. The van der Waals surface area contributed by atoms with Crippen LogP contribution < -0.4 is 5.32 Å². The molecule has 0 aliphatic heterocycles. The van der Waals surface area contributed by atoms with Crippen molar-refractivity contribution in [1.82, 2.24) is 9.78 Å². The molecule has 1 amide bonds. The molecule has 9 heteroatoms. The highest BCUT2D eigenvalue weighted by Gasteiger charge is 2.21. The Morgan fingerprint density at radius 3 is 2.76 bits per heavy atom. The number of anilines is 1. The second kappa shape index (κ2) is 5.58. The summed E-state index contributed by atoms with van der Waals surface area (Å²) in [5, 5.41) is 5.46. The summed E-state index contributed by atoms with van der Waals surface area (Å²) >= 11 is 5.23. The van der Waals surface area contributed by atoms with Crippen LogP contribution in [0.2, 0.25) is 0 Å². The van der Waals surface area contributed by atoms with Gasteiger partial charge < -0.3 is 10.1 Å². The number of alkyl halides is 3. The molecule has 1 rings (SSSR count). The fourth-order valence-corrected chi connectivity index (χ4v) is 1.08. The number of carbonyl (C=O) groups excluding carboxylic acids is 2. The maximum Gasteiger partial charge on any atom is 0.360 e. The quantitative estimate of drug-likeness (QED) is 0.658. The van der Waals surface area contributed by atoms with Crippen molar-refractivity contribution in [2.45, 2.75) is 6.55 Å². The summed E-state index contributed by atoms with van der Waals surface area (Å²) in [6.45, 7) is -2.93. The highest BCUT2D eigenvalue weighted by atomic mass is 35.5. The molecule has 94 valence electrons. The van der Waals surface area contributed by atoms with Crippen LogP contribution in [0.4, 0.5) is 14.5 Å². The monoisotopic (exact) mass is 267 g/mol. The van der Waals surface area contributed by atoms with Gasteiger partial charge in [0.25, 0.3) is 0 Å². The van der Waals surface area contributed by atoms with Crippen LogP contribution in [0.15, 0.2) is 6.20 Å². The largest absolute Gasteiger partial charge is 0.464 e. The van der Waals surface area contributed by atoms with Crippen molar-refractivity contribution in [3.05, 3.63) is 11.9 Å². The van der Waals surface area contributed by atoms with E-state index in [4.69, 9.17) is 11.6 Å². The molecular formula is C8H8ClF2N3O3. The van der Waals surface area contributed by atoms with E-state index >= 15 is 0 Å². The molecule has 0 aromatic carbocycles. The molecule has 0 saturated carbocycles. The molecule has 0 bridgehead atoms. The van der Waals surface area contributed by atoms with E-state index in [2.05, 4.69) is 15.2 Å². The van der Waals surface area contributed by atoms with E-state index < -0.39 is 24.1 Å². The number of nitrogens with zero attached hydrogens (tertiary/aromatic N) is 2. The van der Waals surface area contributed by atoms with E-state index in [1.54, 1.807) is 0 Å². The highest BCUT2D eigenvalue weighted by molar-refractivity contribution is 6.29. The Bertz CT molecular complexity index is 436. The first-order chi connectivity index (χ1) is 7.99. The van der Waals surface area contributed by atoms with Crippen LogP contribution in [0.25, 0.3) is 0 Å². The van der Waals surface area contributed by atoms with Gasteiger partial charge in [-0.15, -0.1) is 11.6 Å². The van der Waals surface area contributed by atoms with E-state index in [1.165, 1.54) is 0 Å². The average Bonchev–Trinajstić information content (AvgIpc) is 2.72. The lowest BCUT2D eigenvalue weighted by molar-refractivity contribution is -0.113. The van der Waals surface area contributed by atoms with Gasteiger partial charge in [-0.25, -0.2) is 9.48 Å². The van der Waals surface area contributed by atoms with E-state index in [1.807, 2.05) is 0 Å². The van der Waals surface area contributed by atoms with Gasteiger partial charge in [-0.2, -0.15) is 13.9 Å². The van der Waals surface area contributed by atoms with Crippen molar-refractivity contribution in [3.63, 3.8) is 0 Å². The molecule has 0 unspecified atom stereocenters. The third-order valence-corrected chi connectivity index (χ3v) is 1.95. The molecule has 1 aromatic rings. The molecule has 0 saturated heterocycles. The number of nitrogens with one attached hydrogen (secondary N) is 1. The van der Waals surface area contributed by atoms with Crippen molar-refractivity contribution in [2.75, 3.05) is 18.3 Å². The summed E-state index contributed by atoms with van der Waals surface area (Å²) in [6.07, 6.45) is 0.821. The number of carbonyl (C=O) groups is 2. The van der Waals surface area contributed by atoms with Crippen LogP contribution in [0.5, 0.6) is 0 Å². The molecule has 0 spiro atoms. The summed E-state index contributed by atoms with van der Waals surface area (Å²) in [5.74, 6) is -1.96. The summed E-state index contributed by atoms with van der Waals surface area (Å²) < 4.78 is 29.3. The lowest BCUT2D eigenvalue weighted by Gasteiger charge is -2.00. The number of ether oxygens (including phenoxy) is 1. The summed E-state index contributed by atoms with van der Waals surface area (Å²) in [7, 11) is 1.07. The van der Waals surface area contributed by atoms with Gasteiger partial charge >= 0.3 is 12.5 Å². The molecule has 17 heavy (non-hydrogen) atoms. The molecule has 0 aliphatic rings. The second-order valence-corrected chi connectivity index (χ2v) is 3.09. The molecule has 0 atom stereocenters. The molecule has 0 radical (unpaired) electrons. The number of aromatic nitrogens is 2. The molecular weight excluding hydrogens is 260 g/mol. The standard InChI is InChI=1S/C8H8ClF2N3O3/c1-17-7(16)6-4(12-5(15)2-9)3-14(13-6)8(10)11/h3,8H,2H2,1H3,(H,12,15). The minimum Gasteiger partial charge on any atom is -0.464 e. The van der Waals surface area contributed by atoms with Crippen molar-refractivity contribution in [2.24, 2.45) is 0 Å². The fraction of sp³-hybridized carbons (Fsp3) is 0.375. The predicted octanol–water partition coefficient (Wildman–Crippen LogP) is 1.24. The smallest absolute Gasteiger partial charge is 0.360 e. The summed E-state index contributed by atoms with van der Waals surface area (Å²) in [4.78, 5) is 22.2. The zero-order valence-electron chi connectivity index (χ0n) is 8.61. The number of halogens is 3. The maximum absolute atomic E-state index is 12.4. The first-order valence-electron chi connectivity index (χ1n) is 4.31. The van der Waals surface area contributed by atoms with Gasteiger partial charge in [0.05, 0.1) is 19.0 Å². The zero-order chi connectivity index (χ0) is 13.0. The van der Waals surface area contributed by atoms with Crippen molar-refractivity contribution >= 4 is 29.2 Å². The minimum absolute atomic E-state index is 0.178. The van der Waals surface area contributed by atoms with Gasteiger partial charge in [0.1, 0.15) is 5.88 Å². The number of amides is 1. The highest BCUT2D eigenvalue weighted by Crippen LogP contribution is 2.19. The summed E-state index contributed by atoms with van der Waals surface area (Å²) in [6, 6.07) is 0. The number of methoxy groups -OCH3 is 1. The lowest BCUT2D eigenvalue weighted by atomic mass is 10.3. The van der Waals surface area contributed by atoms with Gasteiger partial charge in [-0.3, -0.25) is 4.79 Å². The molecule has 0 fully saturated rings. The van der Waals surface area contributed by atoms with Gasteiger partial charge in [0, 0.05) is 0 Å². The van der Waals surface area contributed by atoms with E-state index in [0.29, 0.717) is 0 Å². The Hall–Kier alpha value is -1.70. The zero-order valence-corrected chi connectivity index (χ0v) is 9.37. The van der Waals surface area contributed by atoms with Crippen molar-refractivity contribution in [1.29, 1.82) is 0 Å². The van der Waals surface area contributed by atoms with Gasteiger partial charge in [0.15, 0.2) is 5.69 Å². The topological polar surface area (TPSA) is 73.2 Å². The van der Waals surface area contributed by atoms with Gasteiger partial charge in [0.2, 0.25) is 5.91 Å². The van der Waals surface area contributed by atoms with Gasteiger partial charge in [-0.05, 0) is 0 Å². The van der Waals surface area contributed by atoms with E-state index in [-0.39, 0.29) is 16.2 Å². The fourth-order valence-electron chi connectivity index (χ4n) is 1.01. The maximum atomic E-state index is 12.4. The molecule has 1 N–H and O–H groups in total.